The topological polar surface area (TPSA) is 36.4 Å². The molecule has 0 bridgehead atoms. The molecule has 1 spiro atoms. The number of hydrogen-bond donors (Lipinski definition) is 0. The quantitative estimate of drug-likeness (QED) is 0.764. The van der Waals surface area contributed by atoms with Crippen LogP contribution in [0.3, 0.4) is 0 Å². The Bertz CT molecular complexity index is 662. The Balaban J connectivity index is 1.53. The van der Waals surface area contributed by atoms with Crippen molar-refractivity contribution in [2.75, 3.05) is 24.5 Å². The van der Waals surface area contributed by atoms with Gasteiger partial charge in [0, 0.05) is 31.9 Å². The van der Waals surface area contributed by atoms with Crippen LogP contribution in [-0.2, 0) is 4.79 Å². The number of carbonyl (C=O) groups is 1. The smallest absolute Gasteiger partial charge is 0.230 e. The largest absolute Gasteiger partial charge is 0.354 e. The van der Waals surface area contributed by atoms with E-state index in [0.717, 1.165) is 70.4 Å². The van der Waals surface area contributed by atoms with Gasteiger partial charge in [0.2, 0.25) is 5.91 Å². The molecular weight excluding hydrogens is 357 g/mol. The summed E-state index contributed by atoms with van der Waals surface area (Å²) in [4.78, 5) is 22.1. The zero-order valence-corrected chi connectivity index (χ0v) is 15.9. The highest BCUT2D eigenvalue weighted by Crippen LogP contribution is 2.44. The van der Waals surface area contributed by atoms with E-state index in [2.05, 4.69) is 21.2 Å². The Hall–Kier alpha value is -1.000. The molecule has 1 amide bonds. The lowest BCUT2D eigenvalue weighted by atomic mass is 9.78. The molecule has 4 rings (SSSR count). The van der Waals surface area contributed by atoms with Gasteiger partial charge in [0.25, 0.3) is 0 Å². The summed E-state index contributed by atoms with van der Waals surface area (Å²) in [5, 5.41) is 1.10. The Morgan fingerprint density at radius 1 is 1.16 bits per heavy atom. The second-order valence-electron chi connectivity index (χ2n) is 7.61. The normalized spacial score (nSPS) is 28.2. The number of amides is 1. The van der Waals surface area contributed by atoms with Crippen LogP contribution in [0.25, 0.3) is 0 Å². The first kappa shape index (κ1) is 17.4. The Morgan fingerprint density at radius 3 is 2.72 bits per heavy atom. The maximum Gasteiger partial charge on any atom is 0.230 e. The Morgan fingerprint density at radius 2 is 1.96 bits per heavy atom. The van der Waals surface area contributed by atoms with Crippen LogP contribution in [0.5, 0.6) is 0 Å². The summed E-state index contributed by atoms with van der Waals surface area (Å²) in [5.74, 6) is 1.11. The van der Waals surface area contributed by atoms with Crippen molar-refractivity contribution < 1.29 is 4.79 Å². The molecule has 6 heteroatoms. The molecular formula is C19H24Cl2N3O. The maximum atomic E-state index is 13.3. The zero-order valence-electron chi connectivity index (χ0n) is 14.4. The second-order valence-corrected chi connectivity index (χ2v) is 8.45. The molecule has 135 valence electrons. The van der Waals surface area contributed by atoms with Crippen molar-refractivity contribution in [1.82, 2.24) is 9.88 Å². The third kappa shape index (κ3) is 3.23. The number of anilines is 1. The minimum absolute atomic E-state index is 0.260. The van der Waals surface area contributed by atoms with Crippen LogP contribution in [0.1, 0.15) is 44.9 Å². The molecule has 0 aromatic carbocycles. The molecule has 1 atom stereocenters. The van der Waals surface area contributed by atoms with Crippen LogP contribution in [0.2, 0.25) is 10.0 Å². The summed E-state index contributed by atoms with van der Waals surface area (Å²) >= 11 is 12.3. The first-order valence-corrected chi connectivity index (χ1v) is 10.0. The fourth-order valence-corrected chi connectivity index (χ4v) is 5.25. The highest BCUT2D eigenvalue weighted by atomic mass is 35.5. The van der Waals surface area contributed by atoms with E-state index in [-0.39, 0.29) is 5.41 Å². The van der Waals surface area contributed by atoms with Gasteiger partial charge in [-0.15, -0.1) is 0 Å². The van der Waals surface area contributed by atoms with E-state index >= 15 is 0 Å². The molecule has 25 heavy (non-hydrogen) atoms. The average Bonchev–Trinajstić information content (AvgIpc) is 2.92. The van der Waals surface area contributed by atoms with Gasteiger partial charge in [0.05, 0.1) is 15.5 Å². The molecule has 1 unspecified atom stereocenters. The van der Waals surface area contributed by atoms with Gasteiger partial charge in [-0.1, -0.05) is 23.2 Å². The van der Waals surface area contributed by atoms with Crippen molar-refractivity contribution in [3.05, 3.63) is 28.7 Å². The predicted octanol–water partition coefficient (Wildman–Crippen LogP) is 4.35. The van der Waals surface area contributed by atoms with Crippen LogP contribution in [0.4, 0.5) is 5.82 Å². The van der Waals surface area contributed by atoms with Gasteiger partial charge in [-0.05, 0) is 57.4 Å². The molecule has 3 aliphatic rings. The van der Waals surface area contributed by atoms with Crippen LogP contribution >= 0.6 is 23.2 Å². The number of pyridine rings is 1. The van der Waals surface area contributed by atoms with E-state index < -0.39 is 0 Å². The highest BCUT2D eigenvalue weighted by molar-refractivity contribution is 6.36. The summed E-state index contributed by atoms with van der Waals surface area (Å²) in [5.41, 5.74) is -0.260. The van der Waals surface area contributed by atoms with Crippen molar-refractivity contribution in [2.45, 2.75) is 51.0 Å². The number of carbonyl (C=O) groups excluding carboxylic acids is 1. The highest BCUT2D eigenvalue weighted by Gasteiger charge is 2.50. The van der Waals surface area contributed by atoms with Crippen molar-refractivity contribution >= 4 is 34.9 Å². The molecule has 1 radical (unpaired) electrons. The summed E-state index contributed by atoms with van der Waals surface area (Å²) in [6, 6.07) is 2.16. The molecule has 0 N–H and O–H groups in total. The Labute approximate surface area is 159 Å². The summed E-state index contributed by atoms with van der Waals surface area (Å²) in [7, 11) is 0. The van der Waals surface area contributed by atoms with Crippen LogP contribution < -0.4 is 4.90 Å². The lowest BCUT2D eigenvalue weighted by Crippen LogP contribution is -2.50. The van der Waals surface area contributed by atoms with Gasteiger partial charge in [0.1, 0.15) is 5.82 Å². The SMILES string of the molecule is O=C1N(C2CC[CH]CC2)CCC12CCCN(c1ncc(Cl)cc1Cl)C2. The number of rotatable bonds is 2. The predicted molar refractivity (Wildman–Crippen MR) is 101 cm³/mol. The van der Waals surface area contributed by atoms with Crippen molar-refractivity contribution in [3.8, 4) is 0 Å². The van der Waals surface area contributed by atoms with Crippen LogP contribution in [0.15, 0.2) is 12.3 Å². The molecule has 2 saturated heterocycles. The van der Waals surface area contributed by atoms with Crippen LogP contribution in [0, 0.1) is 11.8 Å². The summed E-state index contributed by atoms with van der Waals surface area (Å²) in [6.07, 6.45) is 11.4. The van der Waals surface area contributed by atoms with Crippen molar-refractivity contribution in [3.63, 3.8) is 0 Å². The third-order valence-electron chi connectivity index (χ3n) is 6.06. The van der Waals surface area contributed by atoms with Crippen molar-refractivity contribution in [1.29, 1.82) is 0 Å². The van der Waals surface area contributed by atoms with Gasteiger partial charge in [0.15, 0.2) is 0 Å². The van der Waals surface area contributed by atoms with Gasteiger partial charge in [-0.3, -0.25) is 4.79 Å². The first-order chi connectivity index (χ1) is 12.1. The van der Waals surface area contributed by atoms with Gasteiger partial charge >= 0.3 is 0 Å². The van der Waals surface area contributed by atoms with E-state index in [0.29, 0.717) is 22.0 Å². The number of likely N-dealkylation sites (tertiary alicyclic amines) is 1. The molecule has 4 nitrogen and oxygen atoms in total. The monoisotopic (exact) mass is 380 g/mol. The van der Waals surface area contributed by atoms with E-state index in [4.69, 9.17) is 23.2 Å². The average molecular weight is 381 g/mol. The molecule has 1 aromatic heterocycles. The molecule has 2 aliphatic heterocycles. The molecule has 3 heterocycles. The minimum atomic E-state index is -0.260. The lowest BCUT2D eigenvalue weighted by Gasteiger charge is -2.41. The number of aromatic nitrogens is 1. The summed E-state index contributed by atoms with van der Waals surface area (Å²) < 4.78 is 0. The standard InChI is InChI=1S/C19H24Cl2N3O/c20-14-11-16(21)17(22-12-14)23-9-4-7-19(13-23)8-10-24(18(19)25)15-5-2-1-3-6-15/h1,11-12,15H,2-10,13H2. The van der Waals surface area contributed by atoms with Gasteiger partial charge in [-0.25, -0.2) is 4.98 Å². The Kier molecular flexibility index (Phi) is 4.85. The molecule has 1 saturated carbocycles. The first-order valence-electron chi connectivity index (χ1n) is 9.28. The number of halogens is 2. The fourth-order valence-electron chi connectivity index (χ4n) is 4.75. The van der Waals surface area contributed by atoms with Crippen molar-refractivity contribution in [2.24, 2.45) is 5.41 Å². The fraction of sp³-hybridized carbons (Fsp3) is 0.632. The third-order valence-corrected chi connectivity index (χ3v) is 6.54. The van der Waals surface area contributed by atoms with E-state index in [1.165, 1.54) is 0 Å². The summed E-state index contributed by atoms with van der Waals surface area (Å²) in [6.45, 7) is 2.51. The number of nitrogens with zero attached hydrogens (tertiary/aromatic N) is 3. The molecule has 3 fully saturated rings. The van der Waals surface area contributed by atoms with E-state index in [9.17, 15) is 4.79 Å². The minimum Gasteiger partial charge on any atom is -0.354 e. The molecule has 1 aliphatic carbocycles. The number of piperidine rings is 1. The maximum absolute atomic E-state index is 13.3. The molecule has 1 aromatic rings. The lowest BCUT2D eigenvalue weighted by molar-refractivity contribution is -0.138. The van der Waals surface area contributed by atoms with Crippen LogP contribution in [-0.4, -0.2) is 41.5 Å². The van der Waals surface area contributed by atoms with E-state index in [1.54, 1.807) is 12.3 Å². The second kappa shape index (κ2) is 6.96. The zero-order chi connectivity index (χ0) is 17.4. The number of hydrogen-bond acceptors (Lipinski definition) is 3. The van der Waals surface area contributed by atoms with Gasteiger partial charge < -0.3 is 9.80 Å². The van der Waals surface area contributed by atoms with Gasteiger partial charge in [-0.2, -0.15) is 0 Å². The van der Waals surface area contributed by atoms with E-state index in [1.807, 2.05) is 0 Å².